The van der Waals surface area contributed by atoms with E-state index in [0.29, 0.717) is 18.5 Å². The molecule has 3 unspecified atom stereocenters. The quantitative estimate of drug-likeness (QED) is 0.763. The van der Waals surface area contributed by atoms with Crippen molar-refractivity contribution in [3.05, 3.63) is 0 Å². The minimum absolute atomic E-state index is 0.332. The number of amides is 1. The van der Waals surface area contributed by atoms with Gasteiger partial charge in [-0.1, -0.05) is 27.2 Å². The van der Waals surface area contributed by atoms with Crippen LogP contribution in [0.15, 0.2) is 0 Å². The van der Waals surface area contributed by atoms with Crippen LogP contribution in [-0.2, 0) is 4.74 Å². The van der Waals surface area contributed by atoms with Crippen LogP contribution in [0.4, 0.5) is 4.79 Å². The van der Waals surface area contributed by atoms with Gasteiger partial charge in [0.15, 0.2) is 0 Å². The summed E-state index contributed by atoms with van der Waals surface area (Å²) >= 11 is 0. The predicted molar refractivity (Wildman–Crippen MR) is 87.4 cm³/mol. The van der Waals surface area contributed by atoms with Crippen LogP contribution < -0.4 is 10.6 Å². The first-order valence-electron chi connectivity index (χ1n) is 8.39. The Bertz CT molecular complexity index is 323. The predicted octanol–water partition coefficient (Wildman–Crippen LogP) is 3.56. The van der Waals surface area contributed by atoms with Gasteiger partial charge >= 0.3 is 6.09 Å². The highest BCUT2D eigenvalue weighted by atomic mass is 16.6. The minimum atomic E-state index is -0.431. The Morgan fingerprint density at radius 2 is 1.90 bits per heavy atom. The molecular weight excluding hydrogens is 264 g/mol. The summed E-state index contributed by atoms with van der Waals surface area (Å²) in [6.45, 7) is 14.0. The first-order chi connectivity index (χ1) is 9.69. The van der Waals surface area contributed by atoms with Gasteiger partial charge in [0.1, 0.15) is 5.60 Å². The first-order valence-corrected chi connectivity index (χ1v) is 8.39. The number of hydrogen-bond acceptors (Lipinski definition) is 3. The number of carbonyl (C=O) groups excluding carboxylic acids is 1. The fourth-order valence-corrected chi connectivity index (χ4v) is 3.17. The molecule has 0 radical (unpaired) electrons. The summed E-state index contributed by atoms with van der Waals surface area (Å²) in [7, 11) is 0. The van der Waals surface area contributed by atoms with Gasteiger partial charge in [0.25, 0.3) is 0 Å². The minimum Gasteiger partial charge on any atom is -0.444 e. The van der Waals surface area contributed by atoms with E-state index in [4.69, 9.17) is 4.74 Å². The molecule has 1 amide bonds. The number of nitrogens with one attached hydrogen (secondary N) is 2. The zero-order valence-electron chi connectivity index (χ0n) is 14.7. The fourth-order valence-electron chi connectivity index (χ4n) is 3.17. The Balaban J connectivity index is 2.28. The standard InChI is InChI=1S/C17H34N2O2/c1-12(2)14-8-7-13(3)11-15(14)18-9-10-19-16(20)21-17(4,5)6/h12-15,18H,7-11H2,1-6H3,(H,19,20). The molecule has 1 aliphatic carbocycles. The van der Waals surface area contributed by atoms with Gasteiger partial charge in [0.05, 0.1) is 0 Å². The van der Waals surface area contributed by atoms with Crippen LogP contribution in [0, 0.1) is 17.8 Å². The van der Waals surface area contributed by atoms with Crippen molar-refractivity contribution in [3.63, 3.8) is 0 Å². The smallest absolute Gasteiger partial charge is 0.407 e. The van der Waals surface area contributed by atoms with E-state index in [-0.39, 0.29) is 6.09 Å². The highest BCUT2D eigenvalue weighted by Crippen LogP contribution is 2.33. The monoisotopic (exact) mass is 298 g/mol. The molecule has 0 saturated heterocycles. The largest absolute Gasteiger partial charge is 0.444 e. The average molecular weight is 298 g/mol. The second-order valence-corrected chi connectivity index (χ2v) is 7.82. The van der Waals surface area contributed by atoms with Crippen LogP contribution in [0.1, 0.15) is 60.8 Å². The molecule has 124 valence electrons. The molecule has 0 aromatic carbocycles. The summed E-state index contributed by atoms with van der Waals surface area (Å²) in [4.78, 5) is 11.6. The Morgan fingerprint density at radius 1 is 1.24 bits per heavy atom. The SMILES string of the molecule is CC1CCC(C(C)C)C(NCCNC(=O)OC(C)(C)C)C1. The zero-order chi connectivity index (χ0) is 16.0. The van der Waals surface area contributed by atoms with Crippen LogP contribution >= 0.6 is 0 Å². The maximum absolute atomic E-state index is 11.6. The summed E-state index contributed by atoms with van der Waals surface area (Å²) < 4.78 is 5.23. The number of hydrogen-bond donors (Lipinski definition) is 2. The summed E-state index contributed by atoms with van der Waals surface area (Å²) in [6.07, 6.45) is 3.57. The molecule has 1 rings (SSSR count). The number of rotatable bonds is 5. The van der Waals surface area contributed by atoms with Crippen LogP contribution in [-0.4, -0.2) is 30.8 Å². The average Bonchev–Trinajstić information content (AvgIpc) is 2.32. The van der Waals surface area contributed by atoms with Crippen molar-refractivity contribution in [1.82, 2.24) is 10.6 Å². The van der Waals surface area contributed by atoms with Crippen LogP contribution in [0.25, 0.3) is 0 Å². The van der Waals surface area contributed by atoms with Crippen molar-refractivity contribution in [2.45, 2.75) is 72.4 Å². The Hall–Kier alpha value is -0.770. The molecule has 1 fully saturated rings. The molecule has 0 aromatic rings. The van der Waals surface area contributed by atoms with Crippen LogP contribution in [0.3, 0.4) is 0 Å². The third kappa shape index (κ3) is 7.16. The van der Waals surface area contributed by atoms with Gasteiger partial charge < -0.3 is 15.4 Å². The van der Waals surface area contributed by atoms with E-state index in [1.807, 2.05) is 20.8 Å². The third-order valence-electron chi connectivity index (χ3n) is 4.22. The molecule has 4 nitrogen and oxygen atoms in total. The van der Waals surface area contributed by atoms with Crippen molar-refractivity contribution in [2.24, 2.45) is 17.8 Å². The van der Waals surface area contributed by atoms with Gasteiger partial charge in [-0.3, -0.25) is 0 Å². The normalized spacial score (nSPS) is 26.7. The van der Waals surface area contributed by atoms with E-state index in [9.17, 15) is 4.79 Å². The molecule has 21 heavy (non-hydrogen) atoms. The van der Waals surface area contributed by atoms with Crippen molar-refractivity contribution >= 4 is 6.09 Å². The molecule has 1 saturated carbocycles. The molecule has 0 bridgehead atoms. The van der Waals surface area contributed by atoms with Crippen molar-refractivity contribution in [1.29, 1.82) is 0 Å². The summed E-state index contributed by atoms with van der Waals surface area (Å²) in [5, 5.41) is 6.44. The van der Waals surface area contributed by atoms with Gasteiger partial charge in [0.2, 0.25) is 0 Å². The molecule has 0 spiro atoms. The lowest BCUT2D eigenvalue weighted by Crippen LogP contribution is -2.45. The number of ether oxygens (including phenoxy) is 1. The van der Waals surface area contributed by atoms with E-state index in [2.05, 4.69) is 31.4 Å². The van der Waals surface area contributed by atoms with Crippen LogP contribution in [0.2, 0.25) is 0 Å². The molecule has 4 heteroatoms. The van der Waals surface area contributed by atoms with Crippen molar-refractivity contribution in [3.8, 4) is 0 Å². The Kier molecular flexibility index (Phi) is 6.98. The lowest BCUT2D eigenvalue weighted by molar-refractivity contribution is 0.0526. The Morgan fingerprint density at radius 3 is 2.48 bits per heavy atom. The maximum Gasteiger partial charge on any atom is 0.407 e. The third-order valence-corrected chi connectivity index (χ3v) is 4.22. The van der Waals surface area contributed by atoms with Gasteiger partial charge in [0, 0.05) is 19.1 Å². The number of alkyl carbamates (subject to hydrolysis) is 1. The highest BCUT2D eigenvalue weighted by molar-refractivity contribution is 5.67. The lowest BCUT2D eigenvalue weighted by atomic mass is 9.74. The second kappa shape index (κ2) is 8.02. The molecule has 0 aromatic heterocycles. The first kappa shape index (κ1) is 18.3. The fraction of sp³-hybridized carbons (Fsp3) is 0.941. The summed E-state index contributed by atoms with van der Waals surface area (Å²) in [5.41, 5.74) is -0.431. The molecular formula is C17H34N2O2. The summed E-state index contributed by atoms with van der Waals surface area (Å²) in [5.74, 6) is 2.27. The lowest BCUT2D eigenvalue weighted by Gasteiger charge is -2.38. The molecule has 3 atom stereocenters. The zero-order valence-corrected chi connectivity index (χ0v) is 14.7. The van der Waals surface area contributed by atoms with Gasteiger partial charge in [-0.2, -0.15) is 0 Å². The molecule has 0 aliphatic heterocycles. The van der Waals surface area contributed by atoms with Crippen molar-refractivity contribution in [2.75, 3.05) is 13.1 Å². The number of carbonyl (C=O) groups is 1. The second-order valence-electron chi connectivity index (χ2n) is 7.82. The van der Waals surface area contributed by atoms with Crippen molar-refractivity contribution < 1.29 is 9.53 Å². The summed E-state index contributed by atoms with van der Waals surface area (Å²) in [6, 6.07) is 0.578. The van der Waals surface area contributed by atoms with Gasteiger partial charge in [-0.15, -0.1) is 0 Å². The van der Waals surface area contributed by atoms with E-state index in [1.54, 1.807) is 0 Å². The molecule has 1 aliphatic rings. The highest BCUT2D eigenvalue weighted by Gasteiger charge is 2.30. The van der Waals surface area contributed by atoms with E-state index in [1.165, 1.54) is 19.3 Å². The van der Waals surface area contributed by atoms with E-state index in [0.717, 1.165) is 18.4 Å². The van der Waals surface area contributed by atoms with Gasteiger partial charge in [-0.05, 0) is 51.4 Å². The Labute approximate surface area is 130 Å². The maximum atomic E-state index is 11.6. The van der Waals surface area contributed by atoms with E-state index >= 15 is 0 Å². The molecule has 2 N–H and O–H groups in total. The van der Waals surface area contributed by atoms with Gasteiger partial charge in [-0.25, -0.2) is 4.79 Å². The molecule has 0 heterocycles. The topological polar surface area (TPSA) is 50.4 Å². The van der Waals surface area contributed by atoms with Crippen LogP contribution in [0.5, 0.6) is 0 Å². The van der Waals surface area contributed by atoms with E-state index < -0.39 is 5.60 Å².